The molecule has 3 heterocycles. The quantitative estimate of drug-likeness (QED) is 0.783. The van der Waals surface area contributed by atoms with Crippen molar-refractivity contribution in [2.45, 2.75) is 36.1 Å². The number of hydrogen-bond acceptors (Lipinski definition) is 7. The van der Waals surface area contributed by atoms with Crippen LogP contribution in [0.2, 0.25) is 0 Å². The summed E-state index contributed by atoms with van der Waals surface area (Å²) in [6, 6.07) is 0. The van der Waals surface area contributed by atoms with Gasteiger partial charge in [0.25, 0.3) is 0 Å². The number of ether oxygens (including phenoxy) is 1. The van der Waals surface area contributed by atoms with E-state index in [0.717, 1.165) is 0 Å². The zero-order valence-corrected chi connectivity index (χ0v) is 12.2. The average Bonchev–Trinajstić information content (AvgIpc) is 2.80. The van der Waals surface area contributed by atoms with Crippen LogP contribution in [0.25, 0.3) is 5.65 Å². The molecule has 0 aromatic carbocycles. The second-order valence-corrected chi connectivity index (χ2v) is 6.32. The highest BCUT2D eigenvalue weighted by molar-refractivity contribution is 7.98. The van der Waals surface area contributed by atoms with E-state index in [4.69, 9.17) is 10.5 Å². The fourth-order valence-electron chi connectivity index (χ4n) is 3.08. The van der Waals surface area contributed by atoms with Crippen LogP contribution in [0.1, 0.15) is 18.7 Å². The molecule has 2 aromatic heterocycles. The van der Waals surface area contributed by atoms with Gasteiger partial charge in [-0.25, -0.2) is 18.9 Å². The lowest BCUT2D eigenvalue weighted by atomic mass is 9.94. The van der Waals surface area contributed by atoms with Gasteiger partial charge in [0.1, 0.15) is 11.8 Å². The van der Waals surface area contributed by atoms with E-state index in [2.05, 4.69) is 15.1 Å². The number of thioether (sulfide) groups is 1. The molecule has 2 aliphatic rings. The molecular formula is C12H14FN5O2S. The first-order valence-electron chi connectivity index (χ1n) is 6.52. The summed E-state index contributed by atoms with van der Waals surface area (Å²) in [5.74, 6) is -0.253. The lowest BCUT2D eigenvalue weighted by molar-refractivity contribution is -0.0458. The number of aromatic nitrogens is 4. The molecule has 1 aliphatic heterocycles. The van der Waals surface area contributed by atoms with Crippen molar-refractivity contribution in [1.29, 1.82) is 0 Å². The van der Waals surface area contributed by atoms with Crippen molar-refractivity contribution in [2.75, 3.05) is 12.0 Å². The largest absolute Gasteiger partial charge is 0.390 e. The van der Waals surface area contributed by atoms with Crippen LogP contribution >= 0.6 is 11.8 Å². The molecule has 0 amide bonds. The topological polar surface area (TPSA) is 98.6 Å². The van der Waals surface area contributed by atoms with Crippen LogP contribution < -0.4 is 5.73 Å². The van der Waals surface area contributed by atoms with E-state index in [0.29, 0.717) is 16.5 Å². The van der Waals surface area contributed by atoms with Gasteiger partial charge in [0.15, 0.2) is 11.5 Å². The Morgan fingerprint density at radius 1 is 1.57 bits per heavy atom. The Balaban J connectivity index is 1.83. The molecule has 112 valence electrons. The van der Waals surface area contributed by atoms with Crippen LogP contribution in [0.15, 0.2) is 11.4 Å². The lowest BCUT2D eigenvalue weighted by Crippen LogP contribution is -2.31. The van der Waals surface area contributed by atoms with Gasteiger partial charge in [-0.3, -0.25) is 0 Å². The summed E-state index contributed by atoms with van der Waals surface area (Å²) in [4.78, 5) is 8.26. The Morgan fingerprint density at radius 3 is 2.95 bits per heavy atom. The number of anilines is 1. The Kier molecular flexibility index (Phi) is 2.55. The molecular weight excluding hydrogens is 297 g/mol. The van der Waals surface area contributed by atoms with Crippen LogP contribution in [-0.4, -0.2) is 48.8 Å². The van der Waals surface area contributed by atoms with E-state index in [9.17, 15) is 9.50 Å². The van der Waals surface area contributed by atoms with Crippen molar-refractivity contribution in [2.24, 2.45) is 5.92 Å². The Labute approximate surface area is 123 Å². The summed E-state index contributed by atoms with van der Waals surface area (Å²) >= 11 is 1.34. The van der Waals surface area contributed by atoms with Gasteiger partial charge in [-0.2, -0.15) is 0 Å². The Hall–Kier alpha value is -1.45. The molecule has 21 heavy (non-hydrogen) atoms. The second kappa shape index (κ2) is 4.05. The maximum absolute atomic E-state index is 14.9. The number of nitrogens with zero attached hydrogens (tertiary/aromatic N) is 4. The summed E-state index contributed by atoms with van der Waals surface area (Å²) in [6.07, 6.45) is 1.33. The summed E-state index contributed by atoms with van der Waals surface area (Å²) in [7, 11) is 0. The number of hydrogen-bond donors (Lipinski definition) is 2. The minimum absolute atomic E-state index is 0.240. The Morgan fingerprint density at radius 2 is 2.33 bits per heavy atom. The minimum Gasteiger partial charge on any atom is -0.390 e. The predicted molar refractivity (Wildman–Crippen MR) is 73.6 cm³/mol. The van der Waals surface area contributed by atoms with E-state index < -0.39 is 29.9 Å². The van der Waals surface area contributed by atoms with Crippen molar-refractivity contribution in [3.8, 4) is 0 Å². The van der Waals surface area contributed by atoms with Crippen molar-refractivity contribution >= 4 is 23.2 Å². The molecule has 1 aliphatic carbocycles. The van der Waals surface area contributed by atoms with Gasteiger partial charge in [0, 0.05) is 0 Å². The average molecular weight is 311 g/mol. The molecule has 0 spiro atoms. The van der Waals surface area contributed by atoms with Gasteiger partial charge in [0.2, 0.25) is 5.16 Å². The minimum atomic E-state index is -1.67. The van der Waals surface area contributed by atoms with E-state index in [1.807, 2.05) is 6.26 Å². The number of imidazole rings is 1. The molecule has 0 bridgehead atoms. The SMILES string of the molecule is CSc1nc(N)c2ncc(C3OC4C(O)C4C3(C)F)n2n1. The summed E-state index contributed by atoms with van der Waals surface area (Å²) in [5.41, 5.74) is 5.04. The lowest BCUT2D eigenvalue weighted by Gasteiger charge is -2.25. The number of fused-ring (bicyclic) bond motifs is 2. The fraction of sp³-hybridized carbons (Fsp3) is 0.583. The van der Waals surface area contributed by atoms with Crippen LogP contribution in [0.4, 0.5) is 10.2 Å². The molecule has 3 N–H and O–H groups in total. The smallest absolute Gasteiger partial charge is 0.209 e. The van der Waals surface area contributed by atoms with Gasteiger partial charge in [-0.05, 0) is 13.2 Å². The Bertz CT molecular complexity index is 736. The van der Waals surface area contributed by atoms with E-state index in [1.165, 1.54) is 29.4 Å². The van der Waals surface area contributed by atoms with Gasteiger partial charge in [0.05, 0.1) is 30.0 Å². The standard InChI is InChI=1S/C12H14FN5O2S/c1-12(13)5-6(19)7(5)20-8(12)4-3-15-10-9(14)16-11(21-2)17-18(4)10/h3,5-8,19H,1-2H3,(H2,14,16,17). The predicted octanol–water partition coefficient (Wildman–Crippen LogP) is 0.587. The van der Waals surface area contributed by atoms with E-state index in [1.54, 1.807) is 0 Å². The number of alkyl halides is 1. The third-order valence-electron chi connectivity index (χ3n) is 4.22. The molecule has 4 rings (SSSR count). The highest BCUT2D eigenvalue weighted by atomic mass is 32.2. The molecule has 5 unspecified atom stereocenters. The third-order valence-corrected chi connectivity index (χ3v) is 4.76. The normalized spacial score (nSPS) is 37.9. The van der Waals surface area contributed by atoms with Crippen LogP contribution in [0.3, 0.4) is 0 Å². The number of aliphatic hydroxyl groups excluding tert-OH is 1. The highest BCUT2D eigenvalue weighted by Gasteiger charge is 2.71. The number of rotatable bonds is 2. The van der Waals surface area contributed by atoms with E-state index >= 15 is 0 Å². The molecule has 0 radical (unpaired) electrons. The highest BCUT2D eigenvalue weighted by Crippen LogP contribution is 2.59. The van der Waals surface area contributed by atoms with Crippen molar-refractivity contribution < 1.29 is 14.2 Å². The monoisotopic (exact) mass is 311 g/mol. The van der Waals surface area contributed by atoms with Crippen molar-refractivity contribution in [3.63, 3.8) is 0 Å². The summed E-state index contributed by atoms with van der Waals surface area (Å²) in [5, 5.41) is 14.4. The third kappa shape index (κ3) is 1.65. The van der Waals surface area contributed by atoms with Gasteiger partial charge in [-0.1, -0.05) is 11.8 Å². The maximum Gasteiger partial charge on any atom is 0.209 e. The molecule has 2 aromatic rings. The molecule has 5 atom stereocenters. The second-order valence-electron chi connectivity index (χ2n) is 5.55. The maximum atomic E-state index is 14.9. The van der Waals surface area contributed by atoms with Gasteiger partial charge >= 0.3 is 0 Å². The van der Waals surface area contributed by atoms with Crippen molar-refractivity contribution in [1.82, 2.24) is 19.6 Å². The van der Waals surface area contributed by atoms with Crippen molar-refractivity contribution in [3.05, 3.63) is 11.9 Å². The van der Waals surface area contributed by atoms with Gasteiger partial charge < -0.3 is 15.6 Å². The van der Waals surface area contributed by atoms with Crippen LogP contribution in [0, 0.1) is 5.92 Å². The van der Waals surface area contributed by atoms with Gasteiger partial charge in [-0.15, -0.1) is 5.10 Å². The number of aliphatic hydroxyl groups is 1. The first kappa shape index (κ1) is 13.2. The number of halogens is 1. The number of nitrogen functional groups attached to an aromatic ring is 1. The van der Waals surface area contributed by atoms with Crippen LogP contribution in [-0.2, 0) is 4.74 Å². The zero-order chi connectivity index (χ0) is 14.9. The van der Waals surface area contributed by atoms with E-state index in [-0.39, 0.29) is 5.82 Å². The summed E-state index contributed by atoms with van der Waals surface area (Å²) in [6.45, 7) is 1.44. The summed E-state index contributed by atoms with van der Waals surface area (Å²) < 4.78 is 22.0. The first-order valence-corrected chi connectivity index (χ1v) is 7.75. The molecule has 9 heteroatoms. The zero-order valence-electron chi connectivity index (χ0n) is 11.4. The first-order chi connectivity index (χ1) is 9.95. The molecule has 1 saturated heterocycles. The van der Waals surface area contributed by atoms with Crippen LogP contribution in [0.5, 0.6) is 0 Å². The molecule has 1 saturated carbocycles. The number of nitrogens with two attached hydrogens (primary N) is 1. The molecule has 2 fully saturated rings. The fourth-order valence-corrected chi connectivity index (χ4v) is 3.43. The molecule has 7 nitrogen and oxygen atoms in total.